The van der Waals surface area contributed by atoms with Gasteiger partial charge in [0.1, 0.15) is 11.5 Å². The molecule has 0 saturated carbocycles. The van der Waals surface area contributed by atoms with Crippen molar-refractivity contribution in [2.75, 3.05) is 18.4 Å². The first-order chi connectivity index (χ1) is 13.2. The maximum atomic E-state index is 12.8. The van der Waals surface area contributed by atoms with E-state index in [0.717, 1.165) is 25.7 Å². The first-order valence-electron chi connectivity index (χ1n) is 9.37. The SMILES string of the molecule is Cc1cc(-c2cc(NC(=O)CCC(C)N3CCCC3)[nH]n2)cnc1C(F)(F)F. The summed E-state index contributed by atoms with van der Waals surface area (Å²) >= 11 is 0. The predicted octanol–water partition coefficient (Wildman–Crippen LogP) is 4.00. The number of amides is 1. The van der Waals surface area contributed by atoms with Crippen molar-refractivity contribution in [3.63, 3.8) is 0 Å². The highest BCUT2D eigenvalue weighted by molar-refractivity contribution is 5.90. The van der Waals surface area contributed by atoms with Gasteiger partial charge in [0.25, 0.3) is 0 Å². The van der Waals surface area contributed by atoms with E-state index in [1.807, 2.05) is 0 Å². The molecule has 0 bridgehead atoms. The molecule has 1 aliphatic rings. The van der Waals surface area contributed by atoms with Gasteiger partial charge in [-0.3, -0.25) is 14.9 Å². The van der Waals surface area contributed by atoms with E-state index in [9.17, 15) is 18.0 Å². The summed E-state index contributed by atoms with van der Waals surface area (Å²) in [5.41, 5.74) is -0.0168. The number of aromatic nitrogens is 3. The number of aryl methyl sites for hydroxylation is 1. The average molecular weight is 395 g/mol. The molecular formula is C19H24F3N5O. The zero-order chi connectivity index (χ0) is 20.3. The molecule has 0 spiro atoms. The lowest BCUT2D eigenvalue weighted by atomic mass is 10.1. The molecule has 0 aromatic carbocycles. The number of likely N-dealkylation sites (tertiary alicyclic amines) is 1. The Kier molecular flexibility index (Phi) is 6.02. The summed E-state index contributed by atoms with van der Waals surface area (Å²) in [5.74, 6) is 0.286. The largest absolute Gasteiger partial charge is 0.433 e. The lowest BCUT2D eigenvalue weighted by Crippen LogP contribution is -2.31. The van der Waals surface area contributed by atoms with Crippen LogP contribution in [0.1, 0.15) is 43.9 Å². The molecule has 3 heterocycles. The number of rotatable bonds is 6. The summed E-state index contributed by atoms with van der Waals surface area (Å²) in [6.45, 7) is 5.67. The third-order valence-electron chi connectivity index (χ3n) is 5.05. The van der Waals surface area contributed by atoms with E-state index in [1.165, 1.54) is 25.8 Å². The molecule has 2 aromatic rings. The van der Waals surface area contributed by atoms with Gasteiger partial charge in [-0.2, -0.15) is 18.3 Å². The second-order valence-corrected chi connectivity index (χ2v) is 7.23. The van der Waals surface area contributed by atoms with Crippen LogP contribution < -0.4 is 5.32 Å². The Bertz CT molecular complexity index is 827. The molecule has 2 aromatic heterocycles. The number of nitrogens with one attached hydrogen (secondary N) is 2. The number of anilines is 1. The van der Waals surface area contributed by atoms with Crippen molar-refractivity contribution in [2.24, 2.45) is 0 Å². The van der Waals surface area contributed by atoms with Gasteiger partial charge in [-0.05, 0) is 57.8 Å². The molecule has 6 nitrogen and oxygen atoms in total. The fourth-order valence-electron chi connectivity index (χ4n) is 3.46. The maximum Gasteiger partial charge on any atom is 0.433 e. The molecule has 0 radical (unpaired) electrons. The Morgan fingerprint density at radius 1 is 1.32 bits per heavy atom. The first-order valence-corrected chi connectivity index (χ1v) is 9.37. The number of aromatic amines is 1. The van der Waals surface area contributed by atoms with Crippen LogP contribution in [0, 0.1) is 6.92 Å². The molecule has 1 unspecified atom stereocenters. The van der Waals surface area contributed by atoms with E-state index in [1.54, 1.807) is 6.07 Å². The average Bonchev–Trinajstić information content (AvgIpc) is 3.30. The summed E-state index contributed by atoms with van der Waals surface area (Å²) in [6, 6.07) is 3.34. The highest BCUT2D eigenvalue weighted by atomic mass is 19.4. The van der Waals surface area contributed by atoms with Crippen LogP contribution in [0.3, 0.4) is 0 Å². The minimum atomic E-state index is -4.49. The summed E-state index contributed by atoms with van der Waals surface area (Å²) < 4.78 is 38.5. The third kappa shape index (κ3) is 4.89. The standard InChI is InChI=1S/C19H24F3N5O/c1-12-9-14(11-23-18(12)19(20,21)22)15-10-16(26-25-15)24-17(28)6-5-13(2)27-7-3-4-8-27/h9-11,13H,3-8H2,1-2H3,(H2,24,25,26,28). The molecule has 1 aliphatic heterocycles. The number of carbonyl (C=O) groups excluding carboxylic acids is 1. The van der Waals surface area contributed by atoms with Crippen LogP contribution in [0.15, 0.2) is 18.3 Å². The van der Waals surface area contributed by atoms with Crippen LogP contribution in [0.4, 0.5) is 19.0 Å². The smallest absolute Gasteiger partial charge is 0.311 e. The van der Waals surface area contributed by atoms with Crippen LogP contribution >= 0.6 is 0 Å². The van der Waals surface area contributed by atoms with Crippen molar-refractivity contribution in [3.05, 3.63) is 29.6 Å². The van der Waals surface area contributed by atoms with E-state index >= 15 is 0 Å². The number of pyridine rings is 1. The molecule has 28 heavy (non-hydrogen) atoms. The fraction of sp³-hybridized carbons (Fsp3) is 0.526. The Hall–Kier alpha value is -2.42. The molecule has 152 valence electrons. The zero-order valence-electron chi connectivity index (χ0n) is 15.9. The summed E-state index contributed by atoms with van der Waals surface area (Å²) in [5, 5.41) is 9.51. The summed E-state index contributed by atoms with van der Waals surface area (Å²) in [6.07, 6.45) is 0.244. The zero-order valence-corrected chi connectivity index (χ0v) is 15.9. The molecule has 9 heteroatoms. The lowest BCUT2D eigenvalue weighted by molar-refractivity contribution is -0.141. The number of hydrogen-bond donors (Lipinski definition) is 2. The third-order valence-corrected chi connectivity index (χ3v) is 5.05. The minimum absolute atomic E-state index is 0.0227. The number of H-pyrrole nitrogens is 1. The van der Waals surface area contributed by atoms with Gasteiger partial charge in [0, 0.05) is 30.3 Å². The van der Waals surface area contributed by atoms with Crippen molar-refractivity contribution in [3.8, 4) is 11.3 Å². The van der Waals surface area contributed by atoms with Gasteiger partial charge in [-0.25, -0.2) is 0 Å². The molecule has 2 N–H and O–H groups in total. The summed E-state index contributed by atoms with van der Waals surface area (Å²) in [4.78, 5) is 18.1. The van der Waals surface area contributed by atoms with E-state index in [2.05, 4.69) is 32.3 Å². The maximum absolute atomic E-state index is 12.8. The van der Waals surface area contributed by atoms with E-state index < -0.39 is 11.9 Å². The second-order valence-electron chi connectivity index (χ2n) is 7.23. The van der Waals surface area contributed by atoms with Crippen molar-refractivity contribution >= 4 is 11.7 Å². The number of nitrogens with zero attached hydrogens (tertiary/aromatic N) is 3. The highest BCUT2D eigenvalue weighted by Gasteiger charge is 2.34. The van der Waals surface area contributed by atoms with E-state index in [-0.39, 0.29) is 11.5 Å². The van der Waals surface area contributed by atoms with E-state index in [4.69, 9.17) is 0 Å². The van der Waals surface area contributed by atoms with Gasteiger partial charge in [-0.15, -0.1) is 0 Å². The lowest BCUT2D eigenvalue weighted by Gasteiger charge is -2.23. The molecule has 1 amide bonds. The minimum Gasteiger partial charge on any atom is -0.311 e. The summed E-state index contributed by atoms with van der Waals surface area (Å²) in [7, 11) is 0. The molecule has 1 fully saturated rings. The van der Waals surface area contributed by atoms with Gasteiger partial charge < -0.3 is 10.2 Å². The van der Waals surface area contributed by atoms with Gasteiger partial charge in [0.15, 0.2) is 0 Å². The van der Waals surface area contributed by atoms with Crippen LogP contribution in [-0.4, -0.2) is 45.1 Å². The topological polar surface area (TPSA) is 73.9 Å². The molecule has 1 atom stereocenters. The molecule has 3 rings (SSSR count). The van der Waals surface area contributed by atoms with Crippen molar-refractivity contribution in [1.29, 1.82) is 0 Å². The monoisotopic (exact) mass is 395 g/mol. The van der Waals surface area contributed by atoms with Crippen LogP contribution in [0.5, 0.6) is 0 Å². The van der Waals surface area contributed by atoms with Gasteiger partial charge in [0.2, 0.25) is 5.91 Å². The number of alkyl halides is 3. The highest BCUT2D eigenvalue weighted by Crippen LogP contribution is 2.31. The van der Waals surface area contributed by atoms with Crippen LogP contribution in [-0.2, 0) is 11.0 Å². The predicted molar refractivity (Wildman–Crippen MR) is 99.7 cm³/mol. The number of halogens is 3. The first kappa shape index (κ1) is 20.3. The Morgan fingerprint density at radius 3 is 2.68 bits per heavy atom. The van der Waals surface area contributed by atoms with Crippen molar-refractivity contribution in [1.82, 2.24) is 20.1 Å². The molecule has 1 saturated heterocycles. The van der Waals surface area contributed by atoms with Gasteiger partial charge in [0.05, 0.1) is 5.69 Å². The number of carbonyl (C=O) groups is 1. The van der Waals surface area contributed by atoms with Crippen molar-refractivity contribution < 1.29 is 18.0 Å². The van der Waals surface area contributed by atoms with Crippen LogP contribution in [0.2, 0.25) is 0 Å². The second kappa shape index (κ2) is 8.30. The normalized spacial score (nSPS) is 16.3. The quantitative estimate of drug-likeness (QED) is 0.775. The Labute approximate surface area is 161 Å². The van der Waals surface area contributed by atoms with Crippen molar-refractivity contribution in [2.45, 2.75) is 51.7 Å². The molecule has 0 aliphatic carbocycles. The Morgan fingerprint density at radius 2 is 2.04 bits per heavy atom. The number of hydrogen-bond acceptors (Lipinski definition) is 4. The molecular weight excluding hydrogens is 371 g/mol. The van der Waals surface area contributed by atoms with Crippen LogP contribution in [0.25, 0.3) is 11.3 Å². The van der Waals surface area contributed by atoms with Gasteiger partial charge >= 0.3 is 6.18 Å². The Balaban J connectivity index is 1.58. The fourth-order valence-corrected chi connectivity index (χ4v) is 3.46. The van der Waals surface area contributed by atoms with E-state index in [0.29, 0.717) is 29.5 Å². The van der Waals surface area contributed by atoms with Gasteiger partial charge in [-0.1, -0.05) is 0 Å².